The van der Waals surface area contributed by atoms with E-state index >= 15 is 0 Å². The highest BCUT2D eigenvalue weighted by Gasteiger charge is 2.35. The summed E-state index contributed by atoms with van der Waals surface area (Å²) >= 11 is 0. The molecule has 0 radical (unpaired) electrons. The molecule has 2 atom stereocenters. The smallest absolute Gasteiger partial charge is 0.255 e. The van der Waals surface area contributed by atoms with Crippen LogP contribution in [0.3, 0.4) is 0 Å². The van der Waals surface area contributed by atoms with Crippen molar-refractivity contribution in [3.8, 4) is 0 Å². The van der Waals surface area contributed by atoms with Gasteiger partial charge in [0.2, 0.25) is 0 Å². The van der Waals surface area contributed by atoms with Gasteiger partial charge in [0.25, 0.3) is 5.56 Å². The zero-order chi connectivity index (χ0) is 20.0. The van der Waals surface area contributed by atoms with E-state index in [2.05, 4.69) is 49.9 Å². The fourth-order valence-corrected chi connectivity index (χ4v) is 5.67. The Kier molecular flexibility index (Phi) is 5.08. The quantitative estimate of drug-likeness (QED) is 0.781. The van der Waals surface area contributed by atoms with Gasteiger partial charge in [0.1, 0.15) is 0 Å². The topological polar surface area (TPSA) is 46.3 Å². The number of pyridine rings is 1. The standard InChI is InChI=1S/C23H33N5O/c1-17(2)28-16-24-10-21(28)15-26-11-18-9-20(14-26)22-6-5-19(23(29)27(22)12-18)13-25-7-3-4-8-25/h5-6,10,16-18,20H,3-4,7-9,11-15H2,1-2H3/t18-,20+/m0/s1. The third-order valence-electron chi connectivity index (χ3n) is 7.04. The van der Waals surface area contributed by atoms with Crippen molar-refractivity contribution in [3.05, 3.63) is 52.0 Å². The lowest BCUT2D eigenvalue weighted by atomic mass is 9.83. The first-order valence-electron chi connectivity index (χ1n) is 11.3. The zero-order valence-corrected chi connectivity index (χ0v) is 17.8. The van der Waals surface area contributed by atoms with Gasteiger partial charge in [-0.3, -0.25) is 14.6 Å². The van der Waals surface area contributed by atoms with Gasteiger partial charge >= 0.3 is 0 Å². The summed E-state index contributed by atoms with van der Waals surface area (Å²) in [7, 11) is 0. The number of aromatic nitrogens is 3. The number of piperidine rings is 1. The van der Waals surface area contributed by atoms with Crippen LogP contribution in [-0.2, 0) is 19.6 Å². The maximum absolute atomic E-state index is 13.2. The number of likely N-dealkylation sites (tertiary alicyclic amines) is 2. The summed E-state index contributed by atoms with van der Waals surface area (Å²) in [6.45, 7) is 11.4. The van der Waals surface area contributed by atoms with Crippen LogP contribution >= 0.6 is 0 Å². The van der Waals surface area contributed by atoms with Crippen molar-refractivity contribution in [3.63, 3.8) is 0 Å². The Morgan fingerprint density at radius 1 is 1.07 bits per heavy atom. The van der Waals surface area contributed by atoms with Gasteiger partial charge in [0.15, 0.2) is 0 Å². The van der Waals surface area contributed by atoms with E-state index in [-0.39, 0.29) is 5.56 Å². The Morgan fingerprint density at radius 3 is 2.69 bits per heavy atom. The van der Waals surface area contributed by atoms with Crippen LogP contribution in [0.5, 0.6) is 0 Å². The van der Waals surface area contributed by atoms with E-state index in [9.17, 15) is 4.79 Å². The van der Waals surface area contributed by atoms with Crippen LogP contribution in [0.1, 0.15) is 62.0 Å². The molecule has 3 aliphatic rings. The highest BCUT2D eigenvalue weighted by Crippen LogP contribution is 2.35. The number of fused-ring (bicyclic) bond motifs is 4. The molecule has 0 aliphatic carbocycles. The molecule has 6 heteroatoms. The third kappa shape index (κ3) is 3.68. The van der Waals surface area contributed by atoms with E-state index in [1.54, 1.807) is 0 Å². The molecule has 2 fully saturated rings. The first-order valence-corrected chi connectivity index (χ1v) is 11.3. The predicted molar refractivity (Wildman–Crippen MR) is 114 cm³/mol. The normalized spacial score (nSPS) is 24.9. The van der Waals surface area contributed by atoms with Crippen LogP contribution in [0.2, 0.25) is 0 Å². The predicted octanol–water partition coefficient (Wildman–Crippen LogP) is 2.84. The Balaban J connectivity index is 1.34. The van der Waals surface area contributed by atoms with Crippen molar-refractivity contribution in [1.29, 1.82) is 0 Å². The SMILES string of the molecule is CC(C)n1cncc1CN1C[C@@H]2C[C@H](C1)c1ccc(CN3CCCC3)c(=O)n1C2. The van der Waals surface area contributed by atoms with E-state index in [0.717, 1.165) is 51.4 Å². The van der Waals surface area contributed by atoms with Crippen molar-refractivity contribution in [2.45, 2.75) is 64.7 Å². The second-order valence-electron chi connectivity index (χ2n) is 9.56. The average molecular weight is 396 g/mol. The largest absolute Gasteiger partial charge is 0.331 e. The number of nitrogens with zero attached hydrogens (tertiary/aromatic N) is 5. The molecule has 5 heterocycles. The highest BCUT2D eigenvalue weighted by molar-refractivity contribution is 5.22. The fourth-order valence-electron chi connectivity index (χ4n) is 5.67. The molecule has 0 unspecified atom stereocenters. The molecule has 2 bridgehead atoms. The molecule has 6 nitrogen and oxygen atoms in total. The van der Waals surface area contributed by atoms with Crippen molar-refractivity contribution in [2.24, 2.45) is 5.92 Å². The molecular formula is C23H33N5O. The van der Waals surface area contributed by atoms with Gasteiger partial charge in [-0.25, -0.2) is 4.98 Å². The van der Waals surface area contributed by atoms with Gasteiger partial charge in [0.05, 0.1) is 12.0 Å². The minimum Gasteiger partial charge on any atom is -0.331 e. The van der Waals surface area contributed by atoms with E-state index in [4.69, 9.17) is 0 Å². The minimum absolute atomic E-state index is 0.260. The molecule has 156 valence electrons. The summed E-state index contributed by atoms with van der Waals surface area (Å²) in [5.41, 5.74) is 3.78. The summed E-state index contributed by atoms with van der Waals surface area (Å²) in [6.07, 6.45) is 7.70. The number of hydrogen-bond donors (Lipinski definition) is 0. The molecule has 0 aromatic carbocycles. The molecule has 29 heavy (non-hydrogen) atoms. The molecule has 0 N–H and O–H groups in total. The van der Waals surface area contributed by atoms with E-state index in [1.807, 2.05) is 12.5 Å². The van der Waals surface area contributed by atoms with Crippen molar-refractivity contribution < 1.29 is 0 Å². The Labute approximate surface area is 173 Å². The van der Waals surface area contributed by atoms with Crippen molar-refractivity contribution >= 4 is 0 Å². The first kappa shape index (κ1) is 19.1. The van der Waals surface area contributed by atoms with Gasteiger partial charge in [0, 0.05) is 62.1 Å². The Hall–Kier alpha value is -1.92. The molecule has 0 saturated carbocycles. The van der Waals surface area contributed by atoms with Gasteiger partial charge in [-0.15, -0.1) is 0 Å². The van der Waals surface area contributed by atoms with E-state index < -0.39 is 0 Å². The van der Waals surface area contributed by atoms with Crippen LogP contribution in [0.4, 0.5) is 0 Å². The van der Waals surface area contributed by atoms with Crippen LogP contribution in [0.25, 0.3) is 0 Å². The van der Waals surface area contributed by atoms with Gasteiger partial charge in [-0.05, 0) is 58.2 Å². The van der Waals surface area contributed by atoms with Gasteiger partial charge in [-0.2, -0.15) is 0 Å². The average Bonchev–Trinajstić information content (AvgIpc) is 3.36. The van der Waals surface area contributed by atoms with E-state index in [1.165, 1.54) is 30.7 Å². The summed E-state index contributed by atoms with van der Waals surface area (Å²) in [5.74, 6) is 1.03. The van der Waals surface area contributed by atoms with Crippen molar-refractivity contribution in [2.75, 3.05) is 26.2 Å². The van der Waals surface area contributed by atoms with E-state index in [0.29, 0.717) is 17.9 Å². The molecular weight excluding hydrogens is 362 g/mol. The number of rotatable bonds is 5. The Morgan fingerprint density at radius 2 is 1.90 bits per heavy atom. The molecule has 2 aromatic heterocycles. The first-order chi connectivity index (χ1) is 14.1. The van der Waals surface area contributed by atoms with Gasteiger partial charge in [-0.1, -0.05) is 6.07 Å². The third-order valence-corrected chi connectivity index (χ3v) is 7.04. The second kappa shape index (κ2) is 7.73. The molecule has 0 amide bonds. The Bertz CT molecular complexity index is 924. The lowest BCUT2D eigenvalue weighted by molar-refractivity contribution is 0.111. The number of imidazole rings is 1. The lowest BCUT2D eigenvalue weighted by Crippen LogP contribution is -2.47. The minimum atomic E-state index is 0.260. The van der Waals surface area contributed by atoms with Crippen LogP contribution in [0.15, 0.2) is 29.5 Å². The highest BCUT2D eigenvalue weighted by atomic mass is 16.1. The van der Waals surface area contributed by atoms with Crippen LogP contribution in [-0.4, -0.2) is 50.1 Å². The summed E-state index contributed by atoms with van der Waals surface area (Å²) in [4.78, 5) is 22.6. The van der Waals surface area contributed by atoms with Gasteiger partial charge < -0.3 is 9.13 Å². The molecule has 2 saturated heterocycles. The summed E-state index contributed by atoms with van der Waals surface area (Å²) < 4.78 is 4.38. The fraction of sp³-hybridized carbons (Fsp3) is 0.652. The molecule has 5 rings (SSSR count). The monoisotopic (exact) mass is 395 g/mol. The molecule has 2 aromatic rings. The van der Waals surface area contributed by atoms with Crippen molar-refractivity contribution in [1.82, 2.24) is 23.9 Å². The molecule has 0 spiro atoms. The zero-order valence-electron chi connectivity index (χ0n) is 17.8. The maximum atomic E-state index is 13.2. The summed E-state index contributed by atoms with van der Waals surface area (Å²) in [6, 6.07) is 4.79. The van der Waals surface area contributed by atoms with Crippen LogP contribution in [0, 0.1) is 5.92 Å². The van der Waals surface area contributed by atoms with Crippen LogP contribution < -0.4 is 5.56 Å². The maximum Gasteiger partial charge on any atom is 0.255 e. The lowest BCUT2D eigenvalue weighted by Gasteiger charge is -2.43. The molecule has 3 aliphatic heterocycles. The second-order valence-corrected chi connectivity index (χ2v) is 9.56. The summed E-state index contributed by atoms with van der Waals surface area (Å²) in [5, 5.41) is 0. The number of hydrogen-bond acceptors (Lipinski definition) is 4.